The van der Waals surface area contributed by atoms with E-state index in [0.717, 1.165) is 28.9 Å². The number of carbonyl (C=O) groups excluding carboxylic acids is 2. The highest BCUT2D eigenvalue weighted by Gasteiger charge is 2.24. The molecule has 0 unspecified atom stereocenters. The molecular formula is C15H10ClN5O3S. The van der Waals surface area contributed by atoms with Gasteiger partial charge in [-0.3, -0.25) is 10.1 Å². The lowest BCUT2D eigenvalue weighted by Gasteiger charge is -1.99. The van der Waals surface area contributed by atoms with E-state index in [4.69, 9.17) is 11.6 Å². The van der Waals surface area contributed by atoms with Crippen molar-refractivity contribution in [1.29, 1.82) is 0 Å². The molecule has 2 aromatic rings. The topological polar surface area (TPSA) is 106 Å². The monoisotopic (exact) mass is 375 g/mol. The average molecular weight is 376 g/mol. The Morgan fingerprint density at radius 2 is 2.24 bits per heavy atom. The summed E-state index contributed by atoms with van der Waals surface area (Å²) >= 11 is 7.03. The lowest BCUT2D eigenvalue weighted by Crippen LogP contribution is -2.19. The normalized spacial score (nSPS) is 17.6. The minimum Gasteiger partial charge on any atom is -0.466 e. The van der Waals surface area contributed by atoms with Crippen LogP contribution in [0.4, 0.5) is 0 Å². The molecular weight excluding hydrogens is 366 g/mol. The second-order valence-electron chi connectivity index (χ2n) is 4.68. The fourth-order valence-electron chi connectivity index (χ4n) is 1.91. The predicted octanol–water partition coefficient (Wildman–Crippen LogP) is 1.89. The molecule has 1 aromatic carbocycles. The van der Waals surface area contributed by atoms with Crippen LogP contribution in [0, 0.1) is 0 Å². The van der Waals surface area contributed by atoms with Crippen LogP contribution in [0.1, 0.15) is 5.56 Å². The second-order valence-corrected chi connectivity index (χ2v) is 6.07. The molecule has 1 aliphatic rings. The van der Waals surface area contributed by atoms with Gasteiger partial charge in [0.15, 0.2) is 5.17 Å². The van der Waals surface area contributed by atoms with Gasteiger partial charge in [0, 0.05) is 11.5 Å². The van der Waals surface area contributed by atoms with E-state index in [0.29, 0.717) is 10.5 Å². The van der Waals surface area contributed by atoms with Crippen molar-refractivity contribution in [3.8, 4) is 0 Å². The van der Waals surface area contributed by atoms with Gasteiger partial charge in [0.25, 0.3) is 5.91 Å². The van der Waals surface area contributed by atoms with Gasteiger partial charge in [-0.15, -0.1) is 5.10 Å². The summed E-state index contributed by atoms with van der Waals surface area (Å²) in [6.07, 6.45) is 3.99. The Morgan fingerprint density at radius 1 is 1.40 bits per heavy atom. The molecule has 1 fully saturated rings. The van der Waals surface area contributed by atoms with Crippen molar-refractivity contribution >= 4 is 57.5 Å². The van der Waals surface area contributed by atoms with Gasteiger partial charge in [0.1, 0.15) is 11.5 Å². The van der Waals surface area contributed by atoms with Gasteiger partial charge >= 0.3 is 5.97 Å². The lowest BCUT2D eigenvalue weighted by atomic mass is 10.2. The first-order chi connectivity index (χ1) is 12.1. The number of hydrogen-bond acceptors (Lipinski definition) is 8. The maximum atomic E-state index is 11.7. The molecule has 0 radical (unpaired) electrons. The van der Waals surface area contributed by atoms with Gasteiger partial charge < -0.3 is 4.74 Å². The number of methoxy groups -OCH3 is 1. The van der Waals surface area contributed by atoms with E-state index in [-0.39, 0.29) is 10.1 Å². The number of nitrogens with one attached hydrogen (secondary N) is 1. The molecule has 1 N–H and O–H groups in total. The molecule has 8 nitrogen and oxygen atoms in total. The maximum Gasteiger partial charge on any atom is 0.331 e. The summed E-state index contributed by atoms with van der Waals surface area (Å²) in [5.41, 5.74) is 1.47. The van der Waals surface area contributed by atoms with Gasteiger partial charge in [-0.05, 0) is 29.5 Å². The first-order valence-corrected chi connectivity index (χ1v) is 8.06. The minimum absolute atomic E-state index is 0.190. The molecule has 0 bridgehead atoms. The largest absolute Gasteiger partial charge is 0.466 e. The number of aromatic nitrogens is 2. The summed E-state index contributed by atoms with van der Waals surface area (Å²) < 4.78 is 4.48. The summed E-state index contributed by atoms with van der Waals surface area (Å²) in [5.74, 6) is -1.04. The third kappa shape index (κ3) is 4.01. The van der Waals surface area contributed by atoms with Gasteiger partial charge in [-0.2, -0.15) is 5.10 Å². The highest BCUT2D eigenvalue weighted by Crippen LogP contribution is 2.23. The van der Waals surface area contributed by atoms with Crippen molar-refractivity contribution in [2.24, 2.45) is 10.2 Å². The van der Waals surface area contributed by atoms with Crippen LogP contribution in [-0.4, -0.2) is 40.3 Å². The van der Waals surface area contributed by atoms with E-state index in [9.17, 15) is 9.59 Å². The fourth-order valence-corrected chi connectivity index (χ4v) is 2.85. The van der Waals surface area contributed by atoms with Gasteiger partial charge in [0.2, 0.25) is 0 Å². The van der Waals surface area contributed by atoms with Crippen LogP contribution in [0.2, 0.25) is 5.15 Å². The van der Waals surface area contributed by atoms with Crippen LogP contribution >= 0.6 is 23.4 Å². The number of halogens is 1. The van der Waals surface area contributed by atoms with E-state index in [1.54, 1.807) is 18.2 Å². The Bertz CT molecular complexity index is 957. The molecule has 1 aliphatic heterocycles. The smallest absolute Gasteiger partial charge is 0.331 e. The van der Waals surface area contributed by atoms with E-state index in [1.165, 1.54) is 19.7 Å². The van der Waals surface area contributed by atoms with E-state index >= 15 is 0 Å². The summed E-state index contributed by atoms with van der Waals surface area (Å²) in [5, 5.41) is 11.7. The van der Waals surface area contributed by atoms with E-state index in [1.807, 2.05) is 0 Å². The minimum atomic E-state index is -0.613. The molecule has 0 aliphatic carbocycles. The van der Waals surface area contributed by atoms with Crippen LogP contribution < -0.4 is 5.32 Å². The maximum absolute atomic E-state index is 11.7. The molecule has 2 heterocycles. The van der Waals surface area contributed by atoms with Crippen molar-refractivity contribution in [3.63, 3.8) is 0 Å². The molecule has 0 atom stereocenters. The van der Waals surface area contributed by atoms with Crippen molar-refractivity contribution in [1.82, 2.24) is 15.3 Å². The van der Waals surface area contributed by atoms with Crippen LogP contribution in [-0.2, 0) is 14.3 Å². The summed E-state index contributed by atoms with van der Waals surface area (Å²) in [6, 6.07) is 5.38. The van der Waals surface area contributed by atoms with Crippen molar-refractivity contribution < 1.29 is 14.3 Å². The zero-order valence-corrected chi connectivity index (χ0v) is 14.3. The predicted molar refractivity (Wildman–Crippen MR) is 95.4 cm³/mol. The second kappa shape index (κ2) is 7.41. The van der Waals surface area contributed by atoms with Crippen LogP contribution in [0.25, 0.3) is 10.9 Å². The van der Waals surface area contributed by atoms with Crippen molar-refractivity contribution in [2.75, 3.05) is 7.11 Å². The van der Waals surface area contributed by atoms with Gasteiger partial charge in [0.05, 0.1) is 23.7 Å². The van der Waals surface area contributed by atoms with Crippen molar-refractivity contribution in [3.05, 3.63) is 46.2 Å². The molecule has 0 spiro atoms. The number of hydrogen-bond donors (Lipinski definition) is 1. The van der Waals surface area contributed by atoms with Crippen molar-refractivity contribution in [2.45, 2.75) is 0 Å². The first-order valence-electron chi connectivity index (χ1n) is 6.87. The third-order valence-electron chi connectivity index (χ3n) is 3.07. The molecule has 1 amide bonds. The molecule has 1 saturated heterocycles. The Hall–Kier alpha value is -2.78. The number of benzene rings is 1. The highest BCUT2D eigenvalue weighted by atomic mass is 35.5. The summed E-state index contributed by atoms with van der Waals surface area (Å²) in [4.78, 5) is 31.1. The number of amidine groups is 1. The molecule has 10 heteroatoms. The lowest BCUT2D eigenvalue weighted by molar-refractivity contribution is -0.135. The number of rotatable bonds is 3. The Balaban J connectivity index is 1.76. The number of thioether (sulfide) groups is 1. The van der Waals surface area contributed by atoms with Crippen LogP contribution in [0.3, 0.4) is 0 Å². The fraction of sp³-hybridized carbons (Fsp3) is 0.0667. The molecule has 0 saturated carbocycles. The number of ether oxygens (including phenoxy) is 1. The Morgan fingerprint density at radius 3 is 3.04 bits per heavy atom. The quantitative estimate of drug-likeness (QED) is 0.289. The molecule has 1 aromatic heterocycles. The van der Waals surface area contributed by atoms with Gasteiger partial charge in [-0.1, -0.05) is 17.7 Å². The number of fused-ring (bicyclic) bond motifs is 1. The molecule has 126 valence electrons. The van der Waals surface area contributed by atoms with Crippen LogP contribution in [0.15, 0.2) is 45.7 Å². The summed E-state index contributed by atoms with van der Waals surface area (Å²) in [6.45, 7) is 0. The summed E-state index contributed by atoms with van der Waals surface area (Å²) in [7, 11) is 1.23. The van der Waals surface area contributed by atoms with E-state index in [2.05, 4.69) is 30.2 Å². The molecule has 25 heavy (non-hydrogen) atoms. The SMILES string of the molecule is COC(=O)/C=C1/S/C(=N\N=Cc2ccc3ncnc(Cl)c3c2)NC1=O. The number of amides is 1. The molecule has 3 rings (SSSR count). The standard InChI is InChI=1S/C15H10ClN5O3S/c1-24-12(22)5-11-14(23)20-15(25-11)21-19-6-8-2-3-10-9(4-8)13(16)18-7-17-10/h2-7H,1H3,(H,20,21,23)/b11-5+,19-6?. The highest BCUT2D eigenvalue weighted by molar-refractivity contribution is 8.18. The first kappa shape index (κ1) is 17.1. The number of nitrogens with zero attached hydrogens (tertiary/aromatic N) is 4. The van der Waals surface area contributed by atoms with Gasteiger partial charge in [-0.25, -0.2) is 14.8 Å². The third-order valence-corrected chi connectivity index (χ3v) is 4.27. The number of carbonyl (C=O) groups is 2. The zero-order valence-electron chi connectivity index (χ0n) is 12.8. The van der Waals surface area contributed by atoms with E-state index < -0.39 is 11.9 Å². The number of esters is 1. The zero-order chi connectivity index (χ0) is 17.8. The Labute approximate surface area is 151 Å². The van der Waals surface area contributed by atoms with Crippen LogP contribution in [0.5, 0.6) is 0 Å². The average Bonchev–Trinajstić information content (AvgIpc) is 2.95. The Kier molecular flexibility index (Phi) is 5.05.